The number of carbonyl (C=O) groups excluding carboxylic acids is 4. The summed E-state index contributed by atoms with van der Waals surface area (Å²) in [6.07, 6.45) is 10.8. The third-order valence-corrected chi connectivity index (χ3v) is 11.1. The maximum absolute atomic E-state index is 13.4. The summed E-state index contributed by atoms with van der Waals surface area (Å²) in [7, 11) is 6.16. The van der Waals surface area contributed by atoms with Crippen molar-refractivity contribution in [3.63, 3.8) is 0 Å². The second kappa shape index (κ2) is 23.8. The molecule has 3 aromatic heterocycles. The highest BCUT2D eigenvalue weighted by Gasteiger charge is 2.33. The normalized spacial score (nSPS) is 24.6. The standard InChI is InChI=1S/C44H60N4O13/c1-26(17-18-36(53)27(2)37(55-6)15-11-19-48(5)25-49)38(56-7)21-39-28(3)34(51)14-10-16-40-45-32(23-58-40)43-47-33(24-60-43)44-46-31(22-59-44)42(57-8)29(4)35(52)13-9-12-30(50)20-41(54)61-39/h9-11,13,16,19,22-30,34,37-39,42,50-51H,12,14-15,17-18,20-21H2,1-8H3/b13-9+,16-10?,19-11+. The molecule has 0 aliphatic carbocycles. The van der Waals surface area contributed by atoms with Crippen molar-refractivity contribution in [2.24, 2.45) is 23.7 Å². The third-order valence-electron chi connectivity index (χ3n) is 11.1. The number of cyclic esters (lactones) is 1. The SMILES string of the molecule is COC(CC1OC(=O)CC(O)C/C=C/C(=O)C(C)C(OC)c2coc(n2)-c2coc(n2)-c2coc(n2)C=CCC(O)C1C)C(C)CCC(=O)C(C)C(C/C=C/N(C)C=O)OC. The number of rotatable bonds is 15. The van der Waals surface area contributed by atoms with Crippen LogP contribution in [0.25, 0.3) is 29.2 Å². The van der Waals surface area contributed by atoms with E-state index in [4.69, 9.17) is 32.2 Å². The second-order valence-electron chi connectivity index (χ2n) is 15.6. The molecule has 1 aliphatic heterocycles. The van der Waals surface area contributed by atoms with E-state index in [0.29, 0.717) is 30.6 Å². The molecule has 1 amide bonds. The first-order valence-electron chi connectivity index (χ1n) is 20.4. The van der Waals surface area contributed by atoms with E-state index >= 15 is 0 Å². The molecule has 4 heterocycles. The summed E-state index contributed by atoms with van der Waals surface area (Å²) >= 11 is 0. The lowest BCUT2D eigenvalue weighted by Gasteiger charge is -2.32. The van der Waals surface area contributed by atoms with Crippen LogP contribution in [0.4, 0.5) is 0 Å². The number of ether oxygens (including phenoxy) is 4. The molecular formula is C44H60N4O13. The van der Waals surface area contributed by atoms with E-state index in [9.17, 15) is 29.4 Å². The van der Waals surface area contributed by atoms with Crippen LogP contribution in [0, 0.1) is 23.7 Å². The van der Waals surface area contributed by atoms with Crippen molar-refractivity contribution in [2.75, 3.05) is 28.4 Å². The fourth-order valence-corrected chi connectivity index (χ4v) is 7.02. The Kier molecular flexibility index (Phi) is 19.0. The van der Waals surface area contributed by atoms with E-state index in [1.165, 1.54) is 43.0 Å². The molecule has 1 aliphatic rings. The Bertz CT molecular complexity index is 1950. The van der Waals surface area contributed by atoms with Gasteiger partial charge in [0.25, 0.3) is 0 Å². The number of aliphatic hydroxyl groups is 2. The average molecular weight is 853 g/mol. The number of carbonyl (C=O) groups is 4. The van der Waals surface area contributed by atoms with Crippen molar-refractivity contribution in [1.29, 1.82) is 0 Å². The number of aliphatic hydroxyl groups excluding tert-OH is 2. The van der Waals surface area contributed by atoms with Gasteiger partial charge < -0.3 is 47.3 Å². The molecule has 0 radical (unpaired) electrons. The van der Waals surface area contributed by atoms with Gasteiger partial charge in [0.2, 0.25) is 24.1 Å². The van der Waals surface area contributed by atoms with Crippen LogP contribution < -0.4 is 0 Å². The van der Waals surface area contributed by atoms with E-state index in [-0.39, 0.29) is 79.1 Å². The summed E-state index contributed by atoms with van der Waals surface area (Å²) in [5.74, 6) is -2.33. The molecular weight excluding hydrogens is 792 g/mol. The zero-order chi connectivity index (χ0) is 44.6. The van der Waals surface area contributed by atoms with Crippen LogP contribution in [-0.4, -0.2) is 113 Å². The van der Waals surface area contributed by atoms with Gasteiger partial charge in [-0.3, -0.25) is 19.2 Å². The Hall–Kier alpha value is -5.07. The van der Waals surface area contributed by atoms with E-state index < -0.39 is 54.2 Å². The van der Waals surface area contributed by atoms with E-state index in [1.807, 2.05) is 13.8 Å². The number of esters is 1. The summed E-state index contributed by atoms with van der Waals surface area (Å²) in [6.45, 7) is 7.21. The molecule has 3 aromatic rings. The minimum Gasteiger partial charge on any atom is -0.462 e. The number of Topliss-reactive ketones (excluding diaryl/α,β-unsaturated/α-hetero) is 1. The average Bonchev–Trinajstić information content (AvgIpc) is 4.04. The first kappa shape index (κ1) is 48.6. The molecule has 61 heavy (non-hydrogen) atoms. The number of hydrogen-bond donors (Lipinski definition) is 2. The first-order valence-corrected chi connectivity index (χ1v) is 20.4. The quantitative estimate of drug-likeness (QED) is 0.133. The largest absolute Gasteiger partial charge is 0.462 e. The number of ketones is 2. The molecule has 0 aromatic carbocycles. The zero-order valence-electron chi connectivity index (χ0n) is 36.2. The van der Waals surface area contributed by atoms with Gasteiger partial charge in [0.15, 0.2) is 17.2 Å². The smallest absolute Gasteiger partial charge is 0.308 e. The van der Waals surface area contributed by atoms with Crippen molar-refractivity contribution < 1.29 is 61.6 Å². The number of amides is 1. The van der Waals surface area contributed by atoms with Gasteiger partial charge in [0, 0.05) is 59.3 Å². The zero-order valence-corrected chi connectivity index (χ0v) is 36.2. The molecule has 10 unspecified atom stereocenters. The highest BCUT2D eigenvalue weighted by Crippen LogP contribution is 2.31. The molecule has 334 valence electrons. The van der Waals surface area contributed by atoms with Crippen LogP contribution in [0.5, 0.6) is 0 Å². The topological polar surface area (TPSA) is 227 Å². The van der Waals surface area contributed by atoms with E-state index in [2.05, 4.69) is 15.0 Å². The van der Waals surface area contributed by atoms with Crippen LogP contribution >= 0.6 is 0 Å². The minimum atomic E-state index is -1.16. The van der Waals surface area contributed by atoms with Crippen molar-refractivity contribution >= 4 is 30.0 Å². The fraction of sp³-hybridized carbons (Fsp3) is 0.568. The molecule has 0 fully saturated rings. The number of oxazole rings is 3. The fourth-order valence-electron chi connectivity index (χ4n) is 7.02. The Morgan fingerprint density at radius 2 is 1.61 bits per heavy atom. The Morgan fingerprint density at radius 1 is 0.934 bits per heavy atom. The predicted molar refractivity (Wildman–Crippen MR) is 221 cm³/mol. The predicted octanol–water partition coefficient (Wildman–Crippen LogP) is 5.93. The van der Waals surface area contributed by atoms with Crippen LogP contribution in [-0.2, 0) is 38.1 Å². The summed E-state index contributed by atoms with van der Waals surface area (Å²) in [6, 6.07) is 0. The van der Waals surface area contributed by atoms with Gasteiger partial charge in [-0.15, -0.1) is 0 Å². The first-order chi connectivity index (χ1) is 29.2. The van der Waals surface area contributed by atoms with Crippen LogP contribution in [0.15, 0.2) is 62.5 Å². The number of fused-ring (bicyclic) bond motifs is 8. The molecule has 6 bridgehead atoms. The Morgan fingerprint density at radius 3 is 2.31 bits per heavy atom. The summed E-state index contributed by atoms with van der Waals surface area (Å²) < 4.78 is 39.9. The number of methoxy groups -OCH3 is 3. The lowest BCUT2D eigenvalue weighted by molar-refractivity contribution is -0.159. The number of aromatic nitrogens is 3. The highest BCUT2D eigenvalue weighted by molar-refractivity contribution is 5.92. The number of allylic oxidation sites excluding steroid dienone is 1. The van der Waals surface area contributed by atoms with E-state index in [0.717, 1.165) is 0 Å². The summed E-state index contributed by atoms with van der Waals surface area (Å²) in [5.41, 5.74) is 0.948. The lowest BCUT2D eigenvalue weighted by Crippen LogP contribution is -2.38. The van der Waals surface area contributed by atoms with Gasteiger partial charge in [-0.2, -0.15) is 0 Å². The number of hydrogen-bond acceptors (Lipinski definition) is 16. The second-order valence-corrected chi connectivity index (χ2v) is 15.6. The van der Waals surface area contributed by atoms with Crippen LogP contribution in [0.3, 0.4) is 0 Å². The monoisotopic (exact) mass is 852 g/mol. The summed E-state index contributed by atoms with van der Waals surface area (Å²) in [4.78, 5) is 65.4. The lowest BCUT2D eigenvalue weighted by atomic mass is 9.85. The van der Waals surface area contributed by atoms with Gasteiger partial charge in [-0.25, -0.2) is 15.0 Å². The maximum atomic E-state index is 13.4. The van der Waals surface area contributed by atoms with Crippen molar-refractivity contribution in [1.82, 2.24) is 19.9 Å². The molecule has 10 atom stereocenters. The molecule has 0 saturated heterocycles. The van der Waals surface area contributed by atoms with Gasteiger partial charge in [-0.05, 0) is 43.8 Å². The van der Waals surface area contributed by atoms with Crippen LogP contribution in [0.1, 0.15) is 90.3 Å². The minimum absolute atomic E-state index is 0.00989. The molecule has 0 spiro atoms. The summed E-state index contributed by atoms with van der Waals surface area (Å²) in [5, 5.41) is 22.2. The van der Waals surface area contributed by atoms with E-state index in [1.54, 1.807) is 59.5 Å². The molecule has 17 nitrogen and oxygen atoms in total. The maximum Gasteiger partial charge on any atom is 0.308 e. The van der Waals surface area contributed by atoms with Crippen molar-refractivity contribution in [2.45, 2.75) is 109 Å². The van der Waals surface area contributed by atoms with Gasteiger partial charge in [-0.1, -0.05) is 45.9 Å². The number of nitrogens with zero attached hydrogens (tertiary/aromatic N) is 4. The molecule has 2 N–H and O–H groups in total. The van der Waals surface area contributed by atoms with Crippen molar-refractivity contribution in [3.8, 4) is 23.2 Å². The molecule has 4 rings (SSSR count). The van der Waals surface area contributed by atoms with Gasteiger partial charge >= 0.3 is 5.97 Å². The van der Waals surface area contributed by atoms with Crippen molar-refractivity contribution in [3.05, 3.63) is 60.9 Å². The molecule has 0 saturated carbocycles. The van der Waals surface area contributed by atoms with Gasteiger partial charge in [0.1, 0.15) is 42.5 Å². The van der Waals surface area contributed by atoms with Crippen LogP contribution in [0.2, 0.25) is 0 Å². The highest BCUT2D eigenvalue weighted by atomic mass is 16.5. The molecule has 17 heteroatoms. The third kappa shape index (κ3) is 14.0. The Balaban J connectivity index is 1.51. The Labute approximate surface area is 356 Å². The van der Waals surface area contributed by atoms with Gasteiger partial charge in [0.05, 0.1) is 36.8 Å².